The van der Waals surface area contributed by atoms with Crippen molar-refractivity contribution in [2.45, 2.75) is 50.0 Å². The minimum absolute atomic E-state index is 0.318. The highest BCUT2D eigenvalue weighted by atomic mass is 32.2. The van der Waals surface area contributed by atoms with Gasteiger partial charge in [-0.2, -0.15) is 0 Å². The molecule has 1 aliphatic heterocycles. The van der Waals surface area contributed by atoms with E-state index in [0.29, 0.717) is 6.47 Å². The third kappa shape index (κ3) is 7.56. The quantitative estimate of drug-likeness (QED) is 0.745. The van der Waals surface area contributed by atoms with Gasteiger partial charge < -0.3 is 15.0 Å². The molecule has 2 aromatic rings. The van der Waals surface area contributed by atoms with Crippen LogP contribution in [0.4, 0.5) is 5.69 Å². The van der Waals surface area contributed by atoms with Gasteiger partial charge in [-0.15, -0.1) is 0 Å². The number of nitrogens with zero attached hydrogens (tertiary/aromatic N) is 1. The first-order valence-electron chi connectivity index (χ1n) is 9.71. The molecule has 1 N–H and O–H groups in total. The summed E-state index contributed by atoms with van der Waals surface area (Å²) in [6.07, 6.45) is 0. The van der Waals surface area contributed by atoms with Crippen LogP contribution in [0.15, 0.2) is 52.3 Å². The van der Waals surface area contributed by atoms with Crippen LogP contribution in [0.5, 0.6) is 0 Å². The van der Waals surface area contributed by atoms with Gasteiger partial charge in [0.2, 0.25) is 0 Å². The Labute approximate surface area is 173 Å². The SMILES string of the molecule is CC(C)(C)OC=O.Cc1cc(C)cc(Sc2ccccc2N2CCNCC2)c1. The van der Waals surface area contributed by atoms with Crippen LogP contribution >= 0.6 is 11.8 Å². The first-order valence-corrected chi connectivity index (χ1v) is 10.5. The molecule has 0 atom stereocenters. The van der Waals surface area contributed by atoms with Crippen LogP contribution in [0.2, 0.25) is 0 Å². The zero-order chi connectivity index (χ0) is 20.6. The molecule has 3 rings (SSSR count). The molecule has 1 fully saturated rings. The molecule has 0 unspecified atom stereocenters. The van der Waals surface area contributed by atoms with E-state index in [9.17, 15) is 4.79 Å². The second-order valence-electron chi connectivity index (χ2n) is 7.96. The van der Waals surface area contributed by atoms with Gasteiger partial charge in [0, 0.05) is 36.0 Å². The van der Waals surface area contributed by atoms with Gasteiger partial charge in [-0.25, -0.2) is 0 Å². The summed E-state index contributed by atoms with van der Waals surface area (Å²) in [5.41, 5.74) is 3.71. The Hall–Kier alpha value is -1.98. The van der Waals surface area contributed by atoms with Crippen molar-refractivity contribution in [2.75, 3.05) is 31.1 Å². The van der Waals surface area contributed by atoms with E-state index in [2.05, 4.69) is 71.3 Å². The van der Waals surface area contributed by atoms with E-state index < -0.39 is 0 Å². The number of piperazine rings is 1. The van der Waals surface area contributed by atoms with Crippen LogP contribution in [-0.4, -0.2) is 38.3 Å². The van der Waals surface area contributed by atoms with Crippen molar-refractivity contribution < 1.29 is 9.53 Å². The Morgan fingerprint density at radius 3 is 2.18 bits per heavy atom. The highest BCUT2D eigenvalue weighted by Crippen LogP contribution is 2.36. The maximum atomic E-state index is 9.60. The molecule has 0 aliphatic carbocycles. The summed E-state index contributed by atoms with van der Waals surface area (Å²) in [7, 11) is 0. The number of nitrogens with one attached hydrogen (secondary N) is 1. The topological polar surface area (TPSA) is 41.6 Å². The highest BCUT2D eigenvalue weighted by Gasteiger charge is 2.14. The molecular weight excluding hydrogens is 368 g/mol. The van der Waals surface area contributed by atoms with E-state index in [1.54, 1.807) is 0 Å². The number of ether oxygens (including phenoxy) is 1. The Bertz CT molecular complexity index is 745. The average molecular weight is 401 g/mol. The number of rotatable bonds is 4. The molecule has 2 aromatic carbocycles. The molecule has 5 heteroatoms. The maximum absolute atomic E-state index is 9.60. The fourth-order valence-electron chi connectivity index (χ4n) is 2.97. The normalized spacial score (nSPS) is 14.1. The summed E-state index contributed by atoms with van der Waals surface area (Å²) < 4.78 is 4.55. The summed E-state index contributed by atoms with van der Waals surface area (Å²) in [5, 5.41) is 3.42. The first-order chi connectivity index (χ1) is 13.3. The van der Waals surface area contributed by atoms with Gasteiger partial charge in [0.25, 0.3) is 6.47 Å². The van der Waals surface area contributed by atoms with Crippen LogP contribution < -0.4 is 10.2 Å². The number of carbonyl (C=O) groups is 1. The Kier molecular flexibility index (Phi) is 8.39. The summed E-state index contributed by atoms with van der Waals surface area (Å²) in [6.45, 7) is 14.6. The summed E-state index contributed by atoms with van der Waals surface area (Å²) >= 11 is 1.87. The Balaban J connectivity index is 0.000000345. The Morgan fingerprint density at radius 1 is 1.04 bits per heavy atom. The summed E-state index contributed by atoms with van der Waals surface area (Å²) in [5.74, 6) is 0. The average Bonchev–Trinajstić information content (AvgIpc) is 2.61. The Morgan fingerprint density at radius 2 is 1.64 bits per heavy atom. The van der Waals surface area contributed by atoms with Crippen molar-refractivity contribution in [3.8, 4) is 0 Å². The predicted molar refractivity (Wildman–Crippen MR) is 118 cm³/mol. The van der Waals surface area contributed by atoms with Crippen molar-refractivity contribution >= 4 is 23.9 Å². The minimum Gasteiger partial charge on any atom is -0.462 e. The summed E-state index contributed by atoms with van der Waals surface area (Å²) in [6, 6.07) is 15.5. The number of hydrogen-bond acceptors (Lipinski definition) is 5. The summed E-state index contributed by atoms with van der Waals surface area (Å²) in [4.78, 5) is 14.8. The van der Waals surface area contributed by atoms with E-state index in [1.807, 2.05) is 32.5 Å². The molecular formula is C23H32N2O2S. The molecule has 0 bridgehead atoms. The third-order valence-corrected chi connectivity index (χ3v) is 5.18. The molecule has 28 heavy (non-hydrogen) atoms. The third-order valence-electron chi connectivity index (χ3n) is 4.15. The molecule has 0 aromatic heterocycles. The van der Waals surface area contributed by atoms with E-state index in [4.69, 9.17) is 0 Å². The molecule has 1 aliphatic rings. The number of carbonyl (C=O) groups excluding carboxylic acids is 1. The molecule has 0 radical (unpaired) electrons. The van der Waals surface area contributed by atoms with E-state index in [1.165, 1.54) is 26.6 Å². The monoisotopic (exact) mass is 400 g/mol. The second kappa shape index (κ2) is 10.5. The van der Waals surface area contributed by atoms with Crippen LogP contribution in [0, 0.1) is 13.8 Å². The molecule has 0 saturated carbocycles. The van der Waals surface area contributed by atoms with Gasteiger partial charge in [-0.3, -0.25) is 4.79 Å². The zero-order valence-electron chi connectivity index (χ0n) is 17.6. The number of anilines is 1. The fraction of sp³-hybridized carbons (Fsp3) is 0.435. The van der Waals surface area contributed by atoms with Crippen LogP contribution in [0.3, 0.4) is 0 Å². The lowest BCUT2D eigenvalue weighted by atomic mass is 10.2. The second-order valence-corrected chi connectivity index (χ2v) is 9.07. The van der Waals surface area contributed by atoms with E-state index in [-0.39, 0.29) is 5.60 Å². The number of para-hydroxylation sites is 1. The van der Waals surface area contributed by atoms with Crippen molar-refractivity contribution in [3.63, 3.8) is 0 Å². The van der Waals surface area contributed by atoms with Crippen molar-refractivity contribution in [1.82, 2.24) is 5.32 Å². The fourth-order valence-corrected chi connectivity index (χ4v) is 4.17. The number of aryl methyl sites for hydroxylation is 2. The highest BCUT2D eigenvalue weighted by molar-refractivity contribution is 7.99. The molecule has 0 spiro atoms. The predicted octanol–water partition coefficient (Wildman–Crippen LogP) is 4.82. The largest absolute Gasteiger partial charge is 0.462 e. The maximum Gasteiger partial charge on any atom is 0.293 e. The molecule has 1 heterocycles. The van der Waals surface area contributed by atoms with Gasteiger partial charge in [0.05, 0.1) is 5.69 Å². The smallest absolute Gasteiger partial charge is 0.293 e. The first kappa shape index (κ1) is 22.3. The lowest BCUT2D eigenvalue weighted by Gasteiger charge is -2.31. The van der Waals surface area contributed by atoms with Crippen molar-refractivity contribution in [1.29, 1.82) is 0 Å². The molecule has 4 nitrogen and oxygen atoms in total. The number of benzene rings is 2. The number of hydrogen-bond donors (Lipinski definition) is 1. The van der Waals surface area contributed by atoms with Crippen molar-refractivity contribution in [3.05, 3.63) is 53.6 Å². The van der Waals surface area contributed by atoms with Crippen LogP contribution in [0.1, 0.15) is 31.9 Å². The van der Waals surface area contributed by atoms with E-state index in [0.717, 1.165) is 26.2 Å². The van der Waals surface area contributed by atoms with E-state index >= 15 is 0 Å². The minimum atomic E-state index is -0.318. The van der Waals surface area contributed by atoms with Gasteiger partial charge in [-0.05, 0) is 70.0 Å². The van der Waals surface area contributed by atoms with Crippen LogP contribution in [-0.2, 0) is 9.53 Å². The molecule has 1 saturated heterocycles. The van der Waals surface area contributed by atoms with Gasteiger partial charge in [-0.1, -0.05) is 30.0 Å². The zero-order valence-corrected chi connectivity index (χ0v) is 18.4. The molecule has 0 amide bonds. The standard InChI is InChI=1S/C18H22N2S.C5H10O2/c1-14-11-15(2)13-16(12-14)21-18-6-4-3-5-17(18)20-9-7-19-8-10-20;1-5(2,3)7-4-6/h3-6,11-13,19H,7-10H2,1-2H3;4H,1-3H3. The van der Waals surface area contributed by atoms with Crippen molar-refractivity contribution in [2.24, 2.45) is 0 Å². The lowest BCUT2D eigenvalue weighted by Crippen LogP contribution is -2.43. The molecule has 152 valence electrons. The van der Waals surface area contributed by atoms with Gasteiger partial charge in [0.1, 0.15) is 5.60 Å². The van der Waals surface area contributed by atoms with Crippen LogP contribution in [0.25, 0.3) is 0 Å². The lowest BCUT2D eigenvalue weighted by molar-refractivity contribution is -0.138. The van der Waals surface area contributed by atoms with Gasteiger partial charge >= 0.3 is 0 Å². The van der Waals surface area contributed by atoms with Gasteiger partial charge in [0.15, 0.2) is 0 Å².